The molecule has 1 atom stereocenters. The number of rotatable bonds is 2. The Bertz CT molecular complexity index is 397. The molecule has 17 heavy (non-hydrogen) atoms. The first-order valence-electron chi connectivity index (χ1n) is 5.63. The van der Waals surface area contributed by atoms with Crippen LogP contribution in [0, 0.1) is 0 Å². The van der Waals surface area contributed by atoms with Crippen molar-refractivity contribution in [2.45, 2.75) is 39.3 Å². The van der Waals surface area contributed by atoms with Gasteiger partial charge in [0.2, 0.25) is 0 Å². The summed E-state index contributed by atoms with van der Waals surface area (Å²) in [7, 11) is 0. The van der Waals surface area contributed by atoms with Crippen LogP contribution in [-0.4, -0.2) is 11.7 Å². The number of anilines is 1. The number of nitrogen functional groups attached to an aromatic ring is 1. The van der Waals surface area contributed by atoms with Crippen LogP contribution in [0.15, 0.2) is 24.3 Å². The number of nitrogens with one attached hydrogen (secondary N) is 1. The number of carbonyl (C=O) groups is 1. The van der Waals surface area contributed by atoms with Gasteiger partial charge in [-0.05, 0) is 39.3 Å². The van der Waals surface area contributed by atoms with Crippen LogP contribution in [0.1, 0.15) is 39.3 Å². The second-order valence-electron chi connectivity index (χ2n) is 5.00. The van der Waals surface area contributed by atoms with Gasteiger partial charge in [0.05, 0.1) is 6.04 Å². The Kier molecular flexibility index (Phi) is 3.99. The lowest BCUT2D eigenvalue weighted by Gasteiger charge is -2.22. The van der Waals surface area contributed by atoms with Gasteiger partial charge in [0.1, 0.15) is 5.60 Å². The van der Waals surface area contributed by atoms with Crippen LogP contribution in [0.25, 0.3) is 0 Å². The van der Waals surface area contributed by atoms with Crippen molar-refractivity contribution in [3.8, 4) is 0 Å². The van der Waals surface area contributed by atoms with Crippen molar-refractivity contribution >= 4 is 11.8 Å². The SMILES string of the molecule is CC(NC(=O)OC(C)(C)C)c1ccccc1N. The Morgan fingerprint density at radius 1 is 1.35 bits per heavy atom. The van der Waals surface area contributed by atoms with E-state index in [1.165, 1.54) is 0 Å². The quantitative estimate of drug-likeness (QED) is 0.776. The van der Waals surface area contributed by atoms with Crippen LogP contribution in [0.3, 0.4) is 0 Å². The summed E-state index contributed by atoms with van der Waals surface area (Å²) in [5, 5.41) is 2.75. The van der Waals surface area contributed by atoms with Gasteiger partial charge < -0.3 is 15.8 Å². The van der Waals surface area contributed by atoms with Gasteiger partial charge in [-0.15, -0.1) is 0 Å². The molecule has 1 unspecified atom stereocenters. The number of hydrogen-bond donors (Lipinski definition) is 2. The van der Waals surface area contributed by atoms with E-state index in [2.05, 4.69) is 5.32 Å². The minimum atomic E-state index is -0.494. The van der Waals surface area contributed by atoms with Gasteiger partial charge in [0.15, 0.2) is 0 Å². The lowest BCUT2D eigenvalue weighted by atomic mass is 10.1. The van der Waals surface area contributed by atoms with Gasteiger partial charge >= 0.3 is 6.09 Å². The second-order valence-corrected chi connectivity index (χ2v) is 5.00. The van der Waals surface area contributed by atoms with Crippen LogP contribution < -0.4 is 11.1 Å². The summed E-state index contributed by atoms with van der Waals surface area (Å²) < 4.78 is 5.18. The van der Waals surface area contributed by atoms with Gasteiger partial charge in [-0.3, -0.25) is 0 Å². The third kappa shape index (κ3) is 4.34. The predicted molar refractivity (Wildman–Crippen MR) is 68.6 cm³/mol. The van der Waals surface area contributed by atoms with Crippen LogP contribution in [-0.2, 0) is 4.74 Å². The maximum absolute atomic E-state index is 11.6. The lowest BCUT2D eigenvalue weighted by molar-refractivity contribution is 0.0508. The monoisotopic (exact) mass is 236 g/mol. The molecule has 0 aromatic heterocycles. The fourth-order valence-corrected chi connectivity index (χ4v) is 1.47. The lowest BCUT2D eigenvalue weighted by Crippen LogP contribution is -2.34. The minimum absolute atomic E-state index is 0.175. The zero-order valence-electron chi connectivity index (χ0n) is 10.8. The van der Waals surface area contributed by atoms with Crippen molar-refractivity contribution in [2.75, 3.05) is 5.73 Å². The van der Waals surface area contributed by atoms with Crippen molar-refractivity contribution < 1.29 is 9.53 Å². The average molecular weight is 236 g/mol. The summed E-state index contributed by atoms with van der Waals surface area (Å²) in [6.07, 6.45) is -0.437. The Balaban J connectivity index is 2.64. The summed E-state index contributed by atoms with van der Waals surface area (Å²) in [4.78, 5) is 11.6. The van der Waals surface area contributed by atoms with E-state index >= 15 is 0 Å². The molecule has 0 aliphatic heterocycles. The van der Waals surface area contributed by atoms with E-state index in [0.29, 0.717) is 5.69 Å². The highest BCUT2D eigenvalue weighted by atomic mass is 16.6. The summed E-state index contributed by atoms with van der Waals surface area (Å²) in [5.74, 6) is 0. The molecule has 0 spiro atoms. The molecule has 1 aromatic rings. The molecule has 0 heterocycles. The molecule has 4 heteroatoms. The zero-order valence-corrected chi connectivity index (χ0v) is 10.8. The smallest absolute Gasteiger partial charge is 0.408 e. The Morgan fingerprint density at radius 3 is 2.47 bits per heavy atom. The number of para-hydroxylation sites is 1. The van der Waals surface area contributed by atoms with Crippen molar-refractivity contribution in [1.29, 1.82) is 0 Å². The number of carbonyl (C=O) groups excluding carboxylic acids is 1. The standard InChI is InChI=1S/C13H20N2O2/c1-9(10-7-5-6-8-11(10)14)15-12(16)17-13(2,3)4/h5-9H,14H2,1-4H3,(H,15,16). The largest absolute Gasteiger partial charge is 0.444 e. The van der Waals surface area contributed by atoms with E-state index < -0.39 is 11.7 Å². The van der Waals surface area contributed by atoms with Gasteiger partial charge in [0, 0.05) is 5.69 Å². The van der Waals surface area contributed by atoms with Crippen molar-refractivity contribution in [3.05, 3.63) is 29.8 Å². The van der Waals surface area contributed by atoms with Gasteiger partial charge in [0.25, 0.3) is 0 Å². The molecule has 0 saturated heterocycles. The van der Waals surface area contributed by atoms with Crippen LogP contribution in [0.5, 0.6) is 0 Å². The molecule has 0 bridgehead atoms. The topological polar surface area (TPSA) is 64.3 Å². The Hall–Kier alpha value is -1.71. The van der Waals surface area contributed by atoms with Gasteiger partial charge in [-0.25, -0.2) is 4.79 Å². The third-order valence-electron chi connectivity index (χ3n) is 2.20. The molecule has 1 aromatic carbocycles. The van der Waals surface area contributed by atoms with E-state index in [0.717, 1.165) is 5.56 Å². The first kappa shape index (κ1) is 13.4. The first-order valence-corrected chi connectivity index (χ1v) is 5.63. The molecule has 1 rings (SSSR count). The molecule has 0 radical (unpaired) electrons. The summed E-state index contributed by atoms with van der Waals surface area (Å²) in [6.45, 7) is 7.35. The van der Waals surface area contributed by atoms with Gasteiger partial charge in [-0.2, -0.15) is 0 Å². The number of alkyl carbamates (subject to hydrolysis) is 1. The minimum Gasteiger partial charge on any atom is -0.444 e. The highest BCUT2D eigenvalue weighted by Gasteiger charge is 2.18. The molecule has 4 nitrogen and oxygen atoms in total. The van der Waals surface area contributed by atoms with Crippen LogP contribution >= 0.6 is 0 Å². The molecule has 0 aliphatic carbocycles. The molecule has 94 valence electrons. The molecule has 0 saturated carbocycles. The fraction of sp³-hybridized carbons (Fsp3) is 0.462. The maximum Gasteiger partial charge on any atom is 0.408 e. The van der Waals surface area contributed by atoms with E-state index in [1.54, 1.807) is 0 Å². The summed E-state index contributed by atoms with van der Waals surface area (Å²) in [6, 6.07) is 7.27. The number of nitrogens with two attached hydrogens (primary N) is 1. The van der Waals surface area contributed by atoms with Crippen LogP contribution in [0.4, 0.5) is 10.5 Å². The number of hydrogen-bond acceptors (Lipinski definition) is 3. The van der Waals surface area contributed by atoms with Crippen molar-refractivity contribution in [2.24, 2.45) is 0 Å². The molecule has 0 fully saturated rings. The van der Waals surface area contributed by atoms with E-state index in [1.807, 2.05) is 52.0 Å². The highest BCUT2D eigenvalue weighted by Crippen LogP contribution is 2.19. The molecular formula is C13H20N2O2. The Morgan fingerprint density at radius 2 is 1.94 bits per heavy atom. The van der Waals surface area contributed by atoms with Crippen molar-refractivity contribution in [1.82, 2.24) is 5.32 Å². The summed E-state index contributed by atoms with van der Waals surface area (Å²) in [5.41, 5.74) is 6.89. The molecule has 0 aliphatic rings. The normalized spacial score (nSPS) is 12.9. The van der Waals surface area contributed by atoms with E-state index in [9.17, 15) is 4.79 Å². The van der Waals surface area contributed by atoms with E-state index in [-0.39, 0.29) is 6.04 Å². The van der Waals surface area contributed by atoms with Crippen molar-refractivity contribution in [3.63, 3.8) is 0 Å². The third-order valence-corrected chi connectivity index (χ3v) is 2.20. The molecular weight excluding hydrogens is 216 g/mol. The fourth-order valence-electron chi connectivity index (χ4n) is 1.47. The zero-order chi connectivity index (χ0) is 13.1. The molecule has 1 amide bonds. The molecule has 3 N–H and O–H groups in total. The van der Waals surface area contributed by atoms with E-state index in [4.69, 9.17) is 10.5 Å². The highest BCUT2D eigenvalue weighted by molar-refractivity contribution is 5.69. The first-order chi connectivity index (χ1) is 7.79. The Labute approximate surface area is 102 Å². The maximum atomic E-state index is 11.6. The number of amides is 1. The second kappa shape index (κ2) is 5.08. The number of ether oxygens (including phenoxy) is 1. The number of benzene rings is 1. The van der Waals surface area contributed by atoms with Gasteiger partial charge in [-0.1, -0.05) is 18.2 Å². The predicted octanol–water partition coefficient (Wildman–Crippen LogP) is 2.85. The van der Waals surface area contributed by atoms with Crippen LogP contribution in [0.2, 0.25) is 0 Å². The average Bonchev–Trinajstić information content (AvgIpc) is 2.14. The summed E-state index contributed by atoms with van der Waals surface area (Å²) >= 11 is 0.